The Bertz CT molecular complexity index is 711. The predicted octanol–water partition coefficient (Wildman–Crippen LogP) is 1.81. The summed E-state index contributed by atoms with van der Waals surface area (Å²) >= 11 is 0. The zero-order valence-corrected chi connectivity index (χ0v) is 13.9. The molecule has 2 aromatic rings. The number of fused-ring (bicyclic) bond motifs is 1. The lowest BCUT2D eigenvalue weighted by Gasteiger charge is -2.20. The molecule has 0 N–H and O–H groups in total. The summed E-state index contributed by atoms with van der Waals surface area (Å²) in [5, 5.41) is 0. The minimum atomic E-state index is 0.260. The average molecular weight is 325 g/mol. The lowest BCUT2D eigenvalue weighted by molar-refractivity contribution is -0.128. The zero-order valence-electron chi connectivity index (χ0n) is 13.9. The Morgan fingerprint density at radius 2 is 2.00 bits per heavy atom. The third kappa shape index (κ3) is 3.19. The minimum absolute atomic E-state index is 0.260. The molecule has 0 aliphatic carbocycles. The van der Waals surface area contributed by atoms with Crippen LogP contribution in [0.4, 0.5) is 0 Å². The van der Waals surface area contributed by atoms with Gasteiger partial charge in [-0.25, -0.2) is 4.98 Å². The molecule has 4 rings (SSSR count). The molecule has 6 nitrogen and oxygen atoms in total. The highest BCUT2D eigenvalue weighted by atomic mass is 16.2. The van der Waals surface area contributed by atoms with Crippen LogP contribution in [0.1, 0.15) is 36.3 Å². The molecular weight excluding hydrogens is 302 g/mol. The summed E-state index contributed by atoms with van der Waals surface area (Å²) in [7, 11) is 0. The van der Waals surface area contributed by atoms with E-state index in [4.69, 9.17) is 0 Å². The van der Waals surface area contributed by atoms with Gasteiger partial charge < -0.3 is 9.47 Å². The molecular formula is C18H23N5O. The van der Waals surface area contributed by atoms with E-state index in [2.05, 4.69) is 25.5 Å². The quantitative estimate of drug-likeness (QED) is 0.860. The van der Waals surface area contributed by atoms with Crippen molar-refractivity contribution in [2.75, 3.05) is 13.1 Å². The SMILES string of the molecule is O=C1CCCN1Cc1ncn2c1CN(Cc1ccccn1)CCC2. The number of hydrogen-bond acceptors (Lipinski definition) is 4. The van der Waals surface area contributed by atoms with Gasteiger partial charge in [-0.1, -0.05) is 6.07 Å². The number of likely N-dealkylation sites (tertiary alicyclic amines) is 1. The largest absolute Gasteiger partial charge is 0.337 e. The van der Waals surface area contributed by atoms with E-state index in [9.17, 15) is 4.79 Å². The Kier molecular flexibility index (Phi) is 4.30. The fraction of sp³-hybridized carbons (Fsp3) is 0.500. The first-order chi connectivity index (χ1) is 11.8. The summed E-state index contributed by atoms with van der Waals surface area (Å²) in [4.78, 5) is 25.3. The lowest BCUT2D eigenvalue weighted by Crippen LogP contribution is -2.27. The van der Waals surface area contributed by atoms with Crippen molar-refractivity contribution in [3.05, 3.63) is 47.8 Å². The third-order valence-electron chi connectivity index (χ3n) is 4.90. The fourth-order valence-corrected chi connectivity index (χ4v) is 3.62. The van der Waals surface area contributed by atoms with Crippen molar-refractivity contribution in [1.29, 1.82) is 0 Å². The standard InChI is InChI=1S/C18H23N5O/c24-18-6-3-9-22(18)12-16-17-13-21(8-4-10-23(17)14-20-16)11-15-5-1-2-7-19-15/h1-2,5,7,14H,3-4,6,8-13H2. The highest BCUT2D eigenvalue weighted by Crippen LogP contribution is 2.21. The maximum absolute atomic E-state index is 11.9. The Hall–Kier alpha value is -2.21. The number of pyridine rings is 1. The van der Waals surface area contributed by atoms with Crippen molar-refractivity contribution < 1.29 is 4.79 Å². The molecule has 0 unspecified atom stereocenters. The molecule has 0 saturated carbocycles. The van der Waals surface area contributed by atoms with E-state index in [1.165, 1.54) is 5.69 Å². The molecule has 0 atom stereocenters. The van der Waals surface area contributed by atoms with E-state index >= 15 is 0 Å². The van der Waals surface area contributed by atoms with Crippen LogP contribution in [0.25, 0.3) is 0 Å². The maximum Gasteiger partial charge on any atom is 0.222 e. The van der Waals surface area contributed by atoms with E-state index in [1.54, 1.807) is 0 Å². The normalized spacial score (nSPS) is 18.7. The summed E-state index contributed by atoms with van der Waals surface area (Å²) in [6, 6.07) is 6.06. The minimum Gasteiger partial charge on any atom is -0.337 e. The van der Waals surface area contributed by atoms with Crippen LogP contribution < -0.4 is 0 Å². The summed E-state index contributed by atoms with van der Waals surface area (Å²) in [6.07, 6.45) is 6.55. The Labute approximate surface area is 142 Å². The molecule has 0 bridgehead atoms. The van der Waals surface area contributed by atoms with Crippen LogP contribution in [-0.4, -0.2) is 43.3 Å². The van der Waals surface area contributed by atoms with Gasteiger partial charge in [0.15, 0.2) is 0 Å². The molecule has 4 heterocycles. The van der Waals surface area contributed by atoms with E-state index in [0.717, 1.165) is 57.0 Å². The Morgan fingerprint density at radius 3 is 2.79 bits per heavy atom. The van der Waals surface area contributed by atoms with Gasteiger partial charge in [-0.3, -0.25) is 14.7 Å². The van der Waals surface area contributed by atoms with Gasteiger partial charge in [-0.15, -0.1) is 0 Å². The smallest absolute Gasteiger partial charge is 0.222 e. The van der Waals surface area contributed by atoms with E-state index < -0.39 is 0 Å². The van der Waals surface area contributed by atoms with Gasteiger partial charge in [0.25, 0.3) is 0 Å². The second-order valence-corrected chi connectivity index (χ2v) is 6.64. The van der Waals surface area contributed by atoms with Gasteiger partial charge in [0.05, 0.1) is 30.0 Å². The number of nitrogens with zero attached hydrogens (tertiary/aromatic N) is 5. The lowest BCUT2D eigenvalue weighted by atomic mass is 10.2. The molecule has 6 heteroatoms. The predicted molar refractivity (Wildman–Crippen MR) is 89.8 cm³/mol. The molecule has 2 aliphatic rings. The maximum atomic E-state index is 11.9. The van der Waals surface area contributed by atoms with Crippen molar-refractivity contribution in [2.24, 2.45) is 0 Å². The van der Waals surface area contributed by atoms with Crippen LogP contribution in [0.3, 0.4) is 0 Å². The summed E-state index contributed by atoms with van der Waals surface area (Å²) < 4.78 is 2.26. The molecule has 0 aromatic carbocycles. The number of amides is 1. The van der Waals surface area contributed by atoms with Crippen molar-refractivity contribution in [2.45, 2.75) is 45.4 Å². The first-order valence-electron chi connectivity index (χ1n) is 8.72. The van der Waals surface area contributed by atoms with E-state index in [0.29, 0.717) is 13.0 Å². The molecule has 126 valence electrons. The second-order valence-electron chi connectivity index (χ2n) is 6.64. The molecule has 1 fully saturated rings. The third-order valence-corrected chi connectivity index (χ3v) is 4.90. The van der Waals surface area contributed by atoms with Crippen molar-refractivity contribution in [3.8, 4) is 0 Å². The van der Waals surface area contributed by atoms with Crippen LogP contribution in [0, 0.1) is 0 Å². The number of rotatable bonds is 4. The van der Waals surface area contributed by atoms with Crippen molar-refractivity contribution in [1.82, 2.24) is 24.3 Å². The topological polar surface area (TPSA) is 54.3 Å². The van der Waals surface area contributed by atoms with E-state index in [1.807, 2.05) is 29.6 Å². The zero-order chi connectivity index (χ0) is 16.4. The monoisotopic (exact) mass is 325 g/mol. The Morgan fingerprint density at radius 1 is 1.04 bits per heavy atom. The van der Waals surface area contributed by atoms with E-state index in [-0.39, 0.29) is 5.91 Å². The number of aryl methyl sites for hydroxylation is 1. The molecule has 0 radical (unpaired) electrons. The average Bonchev–Trinajstić information content (AvgIpc) is 3.10. The van der Waals surface area contributed by atoms with Gasteiger partial charge >= 0.3 is 0 Å². The molecule has 1 amide bonds. The number of hydrogen-bond donors (Lipinski definition) is 0. The van der Waals surface area contributed by atoms with Crippen LogP contribution in [0.2, 0.25) is 0 Å². The summed E-state index contributed by atoms with van der Waals surface area (Å²) in [6.45, 7) is 5.29. The van der Waals surface area contributed by atoms with Crippen LogP contribution >= 0.6 is 0 Å². The first-order valence-corrected chi connectivity index (χ1v) is 8.72. The van der Waals surface area contributed by atoms with Gasteiger partial charge in [0, 0.05) is 45.3 Å². The van der Waals surface area contributed by atoms with Gasteiger partial charge in [0.1, 0.15) is 0 Å². The van der Waals surface area contributed by atoms with Crippen LogP contribution in [0.15, 0.2) is 30.7 Å². The number of carbonyl (C=O) groups excluding carboxylic acids is 1. The van der Waals surface area contributed by atoms with Gasteiger partial charge in [-0.2, -0.15) is 0 Å². The molecule has 1 saturated heterocycles. The fourth-order valence-electron chi connectivity index (χ4n) is 3.62. The van der Waals surface area contributed by atoms with Crippen molar-refractivity contribution in [3.63, 3.8) is 0 Å². The molecule has 0 spiro atoms. The first kappa shape index (κ1) is 15.3. The van der Waals surface area contributed by atoms with Crippen LogP contribution in [-0.2, 0) is 31.0 Å². The number of imidazole rings is 1. The molecule has 24 heavy (non-hydrogen) atoms. The highest BCUT2D eigenvalue weighted by molar-refractivity contribution is 5.78. The highest BCUT2D eigenvalue weighted by Gasteiger charge is 2.24. The van der Waals surface area contributed by atoms with Crippen LogP contribution in [0.5, 0.6) is 0 Å². The molecule has 2 aromatic heterocycles. The summed E-state index contributed by atoms with van der Waals surface area (Å²) in [5.74, 6) is 0.260. The molecule has 2 aliphatic heterocycles. The van der Waals surface area contributed by atoms with Crippen molar-refractivity contribution >= 4 is 5.91 Å². The number of carbonyl (C=O) groups is 1. The Balaban J connectivity index is 1.51. The number of aromatic nitrogens is 3. The summed E-state index contributed by atoms with van der Waals surface area (Å²) in [5.41, 5.74) is 3.41. The second kappa shape index (κ2) is 6.73. The van der Waals surface area contributed by atoms with Gasteiger partial charge in [-0.05, 0) is 25.0 Å². The van der Waals surface area contributed by atoms with Gasteiger partial charge in [0.2, 0.25) is 5.91 Å².